The number of hydrogen-bond donors (Lipinski definition) is 1. The molecule has 1 saturated carbocycles. The summed E-state index contributed by atoms with van der Waals surface area (Å²) in [6.07, 6.45) is 4.83. The molecule has 1 N–H and O–H groups in total. The smallest absolute Gasteiger partial charge is 0.185 e. The van der Waals surface area contributed by atoms with E-state index in [0.29, 0.717) is 12.1 Å². The highest BCUT2D eigenvalue weighted by molar-refractivity contribution is 5.59. The predicted octanol–water partition coefficient (Wildman–Crippen LogP) is 3.16. The summed E-state index contributed by atoms with van der Waals surface area (Å²) < 4.78 is 7.31. The van der Waals surface area contributed by atoms with Crippen LogP contribution in [0.3, 0.4) is 0 Å². The Morgan fingerprint density at radius 3 is 2.79 bits per heavy atom. The lowest BCUT2D eigenvalue weighted by Crippen LogP contribution is -2.31. The van der Waals surface area contributed by atoms with Crippen LogP contribution in [0.15, 0.2) is 42.5 Å². The van der Waals surface area contributed by atoms with Crippen LogP contribution in [0.25, 0.3) is 17.0 Å². The van der Waals surface area contributed by atoms with Crippen molar-refractivity contribution < 1.29 is 4.74 Å². The number of benzene rings is 1. The van der Waals surface area contributed by atoms with E-state index in [0.717, 1.165) is 42.1 Å². The quantitative estimate of drug-likeness (QED) is 0.799. The summed E-state index contributed by atoms with van der Waals surface area (Å²) in [6.45, 7) is 0. The van der Waals surface area contributed by atoms with E-state index in [1.807, 2.05) is 42.5 Å². The topological polar surface area (TPSA) is 64.3 Å². The van der Waals surface area contributed by atoms with Gasteiger partial charge in [-0.1, -0.05) is 30.3 Å². The molecule has 1 aliphatic rings. The Balaban J connectivity index is 1.61. The van der Waals surface area contributed by atoms with Gasteiger partial charge in [-0.3, -0.25) is 0 Å². The zero-order valence-electron chi connectivity index (χ0n) is 13.7. The van der Waals surface area contributed by atoms with Crippen molar-refractivity contribution in [3.05, 3.63) is 42.5 Å². The average Bonchev–Trinajstić information content (AvgIpc) is 3.06. The number of fused-ring (bicyclic) bond motifs is 1. The number of nitrogens with one attached hydrogen (secondary N) is 1. The van der Waals surface area contributed by atoms with Crippen LogP contribution >= 0.6 is 0 Å². The lowest BCUT2D eigenvalue weighted by molar-refractivity contribution is 0.0669. The van der Waals surface area contributed by atoms with Gasteiger partial charge in [0.25, 0.3) is 0 Å². The first-order valence-corrected chi connectivity index (χ1v) is 8.41. The molecule has 1 aromatic carbocycles. The molecule has 0 spiro atoms. The Labute approximate surface area is 140 Å². The summed E-state index contributed by atoms with van der Waals surface area (Å²) in [5, 5.41) is 16.7. The molecule has 0 saturated heterocycles. The van der Waals surface area contributed by atoms with Crippen LogP contribution in [0.4, 0.5) is 5.82 Å². The molecule has 24 heavy (non-hydrogen) atoms. The molecule has 4 rings (SSSR count). The van der Waals surface area contributed by atoms with Gasteiger partial charge in [-0.15, -0.1) is 15.3 Å². The Bertz CT molecular complexity index is 817. The van der Waals surface area contributed by atoms with E-state index in [1.54, 1.807) is 11.6 Å². The normalized spacial score (nSPS) is 21.0. The van der Waals surface area contributed by atoms with Gasteiger partial charge in [0.1, 0.15) is 5.82 Å². The second-order valence-corrected chi connectivity index (χ2v) is 6.24. The number of nitrogens with zero attached hydrogens (tertiary/aromatic N) is 4. The van der Waals surface area contributed by atoms with Gasteiger partial charge in [0.05, 0.1) is 6.10 Å². The zero-order valence-corrected chi connectivity index (χ0v) is 13.7. The van der Waals surface area contributed by atoms with Crippen molar-refractivity contribution in [1.82, 2.24) is 19.8 Å². The van der Waals surface area contributed by atoms with E-state index in [9.17, 15) is 0 Å². The largest absolute Gasteiger partial charge is 0.381 e. The molecular weight excluding hydrogens is 302 g/mol. The van der Waals surface area contributed by atoms with Crippen LogP contribution in [-0.2, 0) is 4.74 Å². The molecule has 0 aliphatic heterocycles. The molecule has 0 radical (unpaired) electrons. The Morgan fingerprint density at radius 2 is 1.96 bits per heavy atom. The van der Waals surface area contributed by atoms with Gasteiger partial charge in [0.15, 0.2) is 11.5 Å². The first-order chi connectivity index (χ1) is 11.8. The molecule has 1 aliphatic carbocycles. The molecule has 1 fully saturated rings. The Kier molecular flexibility index (Phi) is 4.13. The summed E-state index contributed by atoms with van der Waals surface area (Å²) in [6, 6.07) is 14.3. The van der Waals surface area contributed by atoms with Crippen molar-refractivity contribution in [2.75, 3.05) is 12.4 Å². The third kappa shape index (κ3) is 2.97. The molecule has 2 aromatic heterocycles. The first kappa shape index (κ1) is 15.1. The van der Waals surface area contributed by atoms with Gasteiger partial charge in [0, 0.05) is 18.7 Å². The highest BCUT2D eigenvalue weighted by atomic mass is 16.5. The fourth-order valence-corrected chi connectivity index (χ4v) is 3.33. The van der Waals surface area contributed by atoms with E-state index < -0.39 is 0 Å². The minimum atomic E-state index is 0.342. The van der Waals surface area contributed by atoms with Gasteiger partial charge in [0.2, 0.25) is 0 Å². The third-order valence-corrected chi connectivity index (χ3v) is 4.61. The maximum absolute atomic E-state index is 5.51. The van der Waals surface area contributed by atoms with Gasteiger partial charge in [-0.2, -0.15) is 4.52 Å². The van der Waals surface area contributed by atoms with E-state index in [2.05, 4.69) is 15.5 Å². The Morgan fingerprint density at radius 1 is 1.08 bits per heavy atom. The molecule has 6 nitrogen and oxygen atoms in total. The van der Waals surface area contributed by atoms with Crippen LogP contribution in [0, 0.1) is 0 Å². The van der Waals surface area contributed by atoms with Crippen molar-refractivity contribution in [3.63, 3.8) is 0 Å². The standard InChI is InChI=1S/C18H21N5O/c1-24-15-9-5-8-14(12-15)19-16-10-11-17-20-21-18(23(17)22-16)13-6-3-2-4-7-13/h2-4,6-7,10-11,14-15H,5,8-9,12H2,1H3,(H,19,22). The van der Waals surface area contributed by atoms with E-state index in [1.165, 1.54) is 6.42 Å². The second-order valence-electron chi connectivity index (χ2n) is 6.24. The maximum atomic E-state index is 5.51. The van der Waals surface area contributed by atoms with Crippen LogP contribution in [-0.4, -0.2) is 39.1 Å². The summed E-state index contributed by atoms with van der Waals surface area (Å²) in [7, 11) is 1.79. The molecule has 2 unspecified atom stereocenters. The number of anilines is 1. The van der Waals surface area contributed by atoms with Crippen LogP contribution in [0.2, 0.25) is 0 Å². The first-order valence-electron chi connectivity index (χ1n) is 8.41. The lowest BCUT2D eigenvalue weighted by atomic mass is 9.93. The molecule has 124 valence electrons. The minimum Gasteiger partial charge on any atom is -0.381 e. The monoisotopic (exact) mass is 323 g/mol. The minimum absolute atomic E-state index is 0.342. The molecule has 0 amide bonds. The lowest BCUT2D eigenvalue weighted by Gasteiger charge is -2.29. The van der Waals surface area contributed by atoms with Crippen molar-refractivity contribution >= 4 is 11.5 Å². The van der Waals surface area contributed by atoms with Crippen LogP contribution in [0.5, 0.6) is 0 Å². The number of hydrogen-bond acceptors (Lipinski definition) is 5. The highest BCUT2D eigenvalue weighted by Crippen LogP contribution is 2.24. The van der Waals surface area contributed by atoms with Crippen molar-refractivity contribution in [1.29, 1.82) is 0 Å². The number of methoxy groups -OCH3 is 1. The van der Waals surface area contributed by atoms with E-state index in [-0.39, 0.29) is 0 Å². The number of ether oxygens (including phenoxy) is 1. The fraction of sp³-hybridized carbons (Fsp3) is 0.389. The third-order valence-electron chi connectivity index (χ3n) is 4.61. The van der Waals surface area contributed by atoms with Crippen molar-refractivity contribution in [2.24, 2.45) is 0 Å². The van der Waals surface area contributed by atoms with Crippen molar-refractivity contribution in [3.8, 4) is 11.4 Å². The average molecular weight is 323 g/mol. The second kappa shape index (κ2) is 6.57. The van der Waals surface area contributed by atoms with Crippen LogP contribution in [0.1, 0.15) is 25.7 Å². The zero-order chi connectivity index (χ0) is 16.4. The molecule has 2 atom stereocenters. The molecule has 6 heteroatoms. The van der Waals surface area contributed by atoms with E-state index in [4.69, 9.17) is 9.84 Å². The summed E-state index contributed by atoms with van der Waals surface area (Å²) in [5.41, 5.74) is 1.75. The van der Waals surface area contributed by atoms with Gasteiger partial charge >= 0.3 is 0 Å². The molecular formula is C18H21N5O. The van der Waals surface area contributed by atoms with Gasteiger partial charge < -0.3 is 10.1 Å². The van der Waals surface area contributed by atoms with E-state index >= 15 is 0 Å². The van der Waals surface area contributed by atoms with Crippen LogP contribution < -0.4 is 5.32 Å². The summed E-state index contributed by atoms with van der Waals surface area (Å²) in [5.74, 6) is 1.61. The van der Waals surface area contributed by atoms with Gasteiger partial charge in [-0.25, -0.2) is 0 Å². The summed E-state index contributed by atoms with van der Waals surface area (Å²) in [4.78, 5) is 0. The Hall–Kier alpha value is -2.47. The summed E-state index contributed by atoms with van der Waals surface area (Å²) >= 11 is 0. The van der Waals surface area contributed by atoms with Crippen molar-refractivity contribution in [2.45, 2.75) is 37.8 Å². The number of rotatable bonds is 4. The predicted molar refractivity (Wildman–Crippen MR) is 92.9 cm³/mol. The number of aromatic nitrogens is 4. The maximum Gasteiger partial charge on any atom is 0.185 e. The molecule has 3 aromatic rings. The molecule has 2 heterocycles. The fourth-order valence-electron chi connectivity index (χ4n) is 3.33. The SMILES string of the molecule is COC1CCCC(Nc2ccc3nnc(-c4ccccc4)n3n2)C1. The highest BCUT2D eigenvalue weighted by Gasteiger charge is 2.22. The molecule has 0 bridgehead atoms. The van der Waals surface area contributed by atoms with Gasteiger partial charge in [-0.05, 0) is 37.8 Å².